The molecule has 0 radical (unpaired) electrons. The summed E-state index contributed by atoms with van der Waals surface area (Å²) in [7, 11) is -3.50. The van der Waals surface area contributed by atoms with E-state index in [1.165, 1.54) is 0 Å². The summed E-state index contributed by atoms with van der Waals surface area (Å²) in [6, 6.07) is 22.0. The van der Waals surface area contributed by atoms with Crippen LogP contribution in [0, 0.1) is 0 Å². The lowest BCUT2D eigenvalue weighted by molar-refractivity contribution is 0.0997. The minimum Gasteiger partial charge on any atom is -0.491 e. The summed E-state index contributed by atoms with van der Waals surface area (Å²) >= 11 is 0. The van der Waals surface area contributed by atoms with Crippen LogP contribution >= 0.6 is 0 Å². The molecule has 0 aromatic heterocycles. The Morgan fingerprint density at radius 2 is 1.57 bits per heavy atom. The molecule has 0 fully saturated rings. The highest BCUT2D eigenvalue weighted by atomic mass is 32.2. The number of carbonyl (C=O) groups is 1. The molecular formula is C26H32N4O6S. The molecule has 10 nitrogen and oxygen atoms in total. The first-order valence-electron chi connectivity index (χ1n) is 11.7. The lowest BCUT2D eigenvalue weighted by Gasteiger charge is -2.19. The van der Waals surface area contributed by atoms with Crippen LogP contribution in [0.25, 0.3) is 0 Å². The first-order chi connectivity index (χ1) is 17.7. The molecule has 3 rings (SSSR count). The molecule has 6 N–H and O–H groups in total. The molecule has 0 aliphatic heterocycles. The van der Waals surface area contributed by atoms with Gasteiger partial charge in [0, 0.05) is 18.3 Å². The number of hydrogen-bond donors (Lipinski definition) is 6. The maximum absolute atomic E-state index is 12.4. The third-order valence-corrected chi connectivity index (χ3v) is 5.80. The van der Waals surface area contributed by atoms with Crippen molar-refractivity contribution >= 4 is 33.1 Å². The van der Waals surface area contributed by atoms with Crippen LogP contribution < -0.4 is 25.4 Å². The molecule has 0 saturated heterocycles. The van der Waals surface area contributed by atoms with Crippen molar-refractivity contribution in [3.05, 3.63) is 84.4 Å². The van der Waals surface area contributed by atoms with Gasteiger partial charge in [0.15, 0.2) is 0 Å². The summed E-state index contributed by atoms with van der Waals surface area (Å²) in [5, 5.41) is 28.4. The van der Waals surface area contributed by atoms with E-state index in [2.05, 4.69) is 20.7 Å². The zero-order valence-corrected chi connectivity index (χ0v) is 21.2. The van der Waals surface area contributed by atoms with Gasteiger partial charge in [-0.1, -0.05) is 42.5 Å². The first-order valence-corrected chi connectivity index (χ1v) is 13.5. The molecule has 0 heterocycles. The Bertz CT molecular complexity index is 1240. The van der Waals surface area contributed by atoms with E-state index in [-0.39, 0.29) is 31.5 Å². The van der Waals surface area contributed by atoms with Gasteiger partial charge in [0.1, 0.15) is 18.5 Å². The average molecular weight is 529 g/mol. The van der Waals surface area contributed by atoms with Crippen molar-refractivity contribution in [1.82, 2.24) is 5.32 Å². The quantitative estimate of drug-likeness (QED) is 0.200. The monoisotopic (exact) mass is 528 g/mol. The number of aliphatic hydroxyl groups excluding tert-OH is 2. The van der Waals surface area contributed by atoms with Crippen LogP contribution in [-0.2, 0) is 16.4 Å². The topological polar surface area (TPSA) is 149 Å². The number of carbonyl (C=O) groups excluding carboxylic acids is 1. The molecule has 37 heavy (non-hydrogen) atoms. The molecule has 0 bridgehead atoms. The Morgan fingerprint density at radius 1 is 0.919 bits per heavy atom. The van der Waals surface area contributed by atoms with Crippen molar-refractivity contribution in [3.63, 3.8) is 0 Å². The van der Waals surface area contributed by atoms with E-state index in [9.17, 15) is 23.4 Å². The third kappa shape index (κ3) is 10.1. The standard InChI is InChI=1S/C26H32N4O6S/c1-37(34,35)30-25-10-6-5-9-24(25)29-26(33)28-20-13-11-19(12-14-20)15-21(17-31)27-16-22(32)18-36-23-7-3-2-4-8-23/h2-14,21-22,27,30-32H,15-18H2,1H3,(H2,28,29,33)/t21-,22-/m0/s1. The van der Waals surface area contributed by atoms with Crippen LogP contribution in [0.1, 0.15) is 5.56 Å². The number of rotatable bonds is 13. The third-order valence-electron chi connectivity index (χ3n) is 5.21. The summed E-state index contributed by atoms with van der Waals surface area (Å²) < 4.78 is 31.0. The zero-order chi connectivity index (χ0) is 26.7. The van der Waals surface area contributed by atoms with Gasteiger partial charge in [-0.05, 0) is 48.4 Å². The fourth-order valence-electron chi connectivity index (χ4n) is 3.45. The van der Waals surface area contributed by atoms with Crippen molar-refractivity contribution in [2.24, 2.45) is 0 Å². The van der Waals surface area contributed by atoms with E-state index in [1.807, 2.05) is 42.5 Å². The molecule has 2 atom stereocenters. The number of benzene rings is 3. The Kier molecular flexibility index (Phi) is 10.3. The van der Waals surface area contributed by atoms with Crippen molar-refractivity contribution in [2.75, 3.05) is 41.4 Å². The largest absolute Gasteiger partial charge is 0.491 e. The summed E-state index contributed by atoms with van der Waals surface area (Å²) in [5.74, 6) is 0.678. The number of aliphatic hydroxyl groups is 2. The normalized spacial score (nSPS) is 12.8. The fraction of sp³-hybridized carbons (Fsp3) is 0.269. The van der Waals surface area contributed by atoms with Crippen molar-refractivity contribution in [2.45, 2.75) is 18.6 Å². The Labute approximate surface area is 216 Å². The molecule has 0 unspecified atom stereocenters. The number of sulfonamides is 1. The van der Waals surface area contributed by atoms with Crippen molar-refractivity contribution in [3.8, 4) is 5.75 Å². The second kappa shape index (κ2) is 13.6. The van der Waals surface area contributed by atoms with Gasteiger partial charge in [0.2, 0.25) is 10.0 Å². The lowest BCUT2D eigenvalue weighted by Crippen LogP contribution is -2.41. The van der Waals surface area contributed by atoms with Gasteiger partial charge in [-0.2, -0.15) is 0 Å². The summed E-state index contributed by atoms with van der Waals surface area (Å²) in [4.78, 5) is 12.4. The first kappa shape index (κ1) is 27.9. The highest BCUT2D eigenvalue weighted by molar-refractivity contribution is 7.92. The molecule has 198 valence electrons. The summed E-state index contributed by atoms with van der Waals surface area (Å²) in [6.45, 7) is 0.273. The molecule has 11 heteroatoms. The number of amides is 2. The molecule has 0 spiro atoms. The molecule has 0 saturated carbocycles. The van der Waals surface area contributed by atoms with E-state index < -0.39 is 22.2 Å². The smallest absolute Gasteiger partial charge is 0.323 e. The number of anilines is 3. The van der Waals surface area contributed by atoms with Gasteiger partial charge >= 0.3 is 6.03 Å². The number of urea groups is 1. The zero-order valence-electron chi connectivity index (χ0n) is 20.4. The van der Waals surface area contributed by atoms with E-state index >= 15 is 0 Å². The molecular weight excluding hydrogens is 496 g/mol. The number of ether oxygens (including phenoxy) is 1. The number of hydrogen-bond acceptors (Lipinski definition) is 7. The van der Waals surface area contributed by atoms with Crippen LogP contribution in [0.4, 0.5) is 21.9 Å². The molecule has 3 aromatic carbocycles. The predicted molar refractivity (Wildman–Crippen MR) is 145 cm³/mol. The second-order valence-electron chi connectivity index (χ2n) is 8.47. The van der Waals surface area contributed by atoms with Gasteiger partial charge in [-0.3, -0.25) is 4.72 Å². The van der Waals surface area contributed by atoms with E-state index in [0.717, 1.165) is 11.8 Å². The maximum atomic E-state index is 12.4. The van der Waals surface area contributed by atoms with Crippen LogP contribution in [0.5, 0.6) is 5.75 Å². The van der Waals surface area contributed by atoms with Crippen LogP contribution in [0.15, 0.2) is 78.9 Å². The summed E-state index contributed by atoms with van der Waals surface area (Å²) in [5.41, 5.74) is 2.04. The highest BCUT2D eigenvalue weighted by Gasteiger charge is 2.13. The van der Waals surface area contributed by atoms with E-state index in [1.54, 1.807) is 36.4 Å². The van der Waals surface area contributed by atoms with Crippen molar-refractivity contribution in [1.29, 1.82) is 0 Å². The SMILES string of the molecule is CS(=O)(=O)Nc1ccccc1NC(=O)Nc1ccc(C[C@@H](CO)NC[C@H](O)COc2ccccc2)cc1. The lowest BCUT2D eigenvalue weighted by atomic mass is 10.1. The number of para-hydroxylation sites is 3. The predicted octanol–water partition coefficient (Wildman–Crippen LogP) is 2.63. The minimum atomic E-state index is -3.50. The second-order valence-corrected chi connectivity index (χ2v) is 10.2. The molecule has 0 aliphatic rings. The van der Waals surface area contributed by atoms with Gasteiger partial charge < -0.3 is 30.9 Å². The van der Waals surface area contributed by atoms with Crippen LogP contribution in [-0.4, -0.2) is 62.8 Å². The average Bonchev–Trinajstić information content (AvgIpc) is 2.87. The number of nitrogens with one attached hydrogen (secondary N) is 4. The van der Waals surface area contributed by atoms with Crippen LogP contribution in [0.3, 0.4) is 0 Å². The maximum Gasteiger partial charge on any atom is 0.323 e. The van der Waals surface area contributed by atoms with Gasteiger partial charge in [0.05, 0.1) is 24.2 Å². The fourth-order valence-corrected chi connectivity index (χ4v) is 4.02. The molecule has 0 aliphatic carbocycles. The molecule has 2 amide bonds. The highest BCUT2D eigenvalue weighted by Crippen LogP contribution is 2.22. The minimum absolute atomic E-state index is 0.115. The van der Waals surface area contributed by atoms with Gasteiger partial charge in [-0.25, -0.2) is 13.2 Å². The Balaban J connectivity index is 1.46. The van der Waals surface area contributed by atoms with Gasteiger partial charge in [-0.15, -0.1) is 0 Å². The summed E-state index contributed by atoms with van der Waals surface area (Å²) in [6.07, 6.45) is 0.807. The van der Waals surface area contributed by atoms with Crippen molar-refractivity contribution < 1.29 is 28.2 Å². The Hall–Kier alpha value is -3.64. The molecule has 3 aromatic rings. The van der Waals surface area contributed by atoms with Crippen LogP contribution in [0.2, 0.25) is 0 Å². The van der Waals surface area contributed by atoms with E-state index in [4.69, 9.17) is 4.74 Å². The van der Waals surface area contributed by atoms with Gasteiger partial charge in [0.25, 0.3) is 0 Å². The van der Waals surface area contributed by atoms with E-state index in [0.29, 0.717) is 23.5 Å². The Morgan fingerprint density at radius 3 is 2.22 bits per heavy atom.